The predicted octanol–water partition coefficient (Wildman–Crippen LogP) is 1.90. The Labute approximate surface area is 78.0 Å². The van der Waals surface area contributed by atoms with Crippen LogP contribution in [-0.4, -0.2) is 22.8 Å². The SMILES string of the molecule is C=C/C(=C\SC)CCCC(O)O. The molecule has 0 aliphatic rings. The van der Waals surface area contributed by atoms with E-state index in [1.54, 1.807) is 17.8 Å². The summed E-state index contributed by atoms with van der Waals surface area (Å²) in [5.74, 6) is 0. The van der Waals surface area contributed by atoms with Crippen LogP contribution >= 0.6 is 11.8 Å². The predicted molar refractivity (Wildman–Crippen MR) is 53.9 cm³/mol. The van der Waals surface area contributed by atoms with E-state index in [2.05, 4.69) is 6.58 Å². The molecule has 0 amide bonds. The summed E-state index contributed by atoms with van der Waals surface area (Å²) in [5, 5.41) is 19.2. The zero-order valence-corrected chi connectivity index (χ0v) is 8.18. The van der Waals surface area contributed by atoms with Gasteiger partial charge in [0.05, 0.1) is 0 Å². The van der Waals surface area contributed by atoms with Gasteiger partial charge in [0.1, 0.15) is 0 Å². The average molecular weight is 188 g/mol. The average Bonchev–Trinajstić information content (AvgIpc) is 2.02. The summed E-state index contributed by atoms with van der Waals surface area (Å²) in [6.07, 6.45) is 4.70. The summed E-state index contributed by atoms with van der Waals surface area (Å²) in [5.41, 5.74) is 1.16. The summed E-state index contributed by atoms with van der Waals surface area (Å²) < 4.78 is 0. The molecular weight excluding hydrogens is 172 g/mol. The number of thioether (sulfide) groups is 1. The van der Waals surface area contributed by atoms with Gasteiger partial charge in [0.25, 0.3) is 0 Å². The molecule has 3 heteroatoms. The number of hydrogen-bond donors (Lipinski definition) is 2. The van der Waals surface area contributed by atoms with Crippen LogP contribution in [0.1, 0.15) is 19.3 Å². The summed E-state index contributed by atoms with van der Waals surface area (Å²) in [7, 11) is 0. The molecule has 0 saturated carbocycles. The zero-order valence-electron chi connectivity index (χ0n) is 7.36. The maximum atomic E-state index is 8.57. The molecule has 0 spiro atoms. The molecule has 0 saturated heterocycles. The van der Waals surface area contributed by atoms with Gasteiger partial charge in [-0.2, -0.15) is 0 Å². The second kappa shape index (κ2) is 7.40. The smallest absolute Gasteiger partial charge is 0.151 e. The van der Waals surface area contributed by atoms with Crippen molar-refractivity contribution in [2.24, 2.45) is 0 Å². The van der Waals surface area contributed by atoms with E-state index in [1.165, 1.54) is 0 Å². The number of aliphatic hydroxyl groups excluding tert-OH is 1. The minimum absolute atomic E-state index is 0.430. The molecule has 0 aromatic carbocycles. The minimum atomic E-state index is -1.18. The van der Waals surface area contributed by atoms with Crippen molar-refractivity contribution in [3.8, 4) is 0 Å². The van der Waals surface area contributed by atoms with Crippen molar-refractivity contribution in [2.45, 2.75) is 25.6 Å². The molecule has 0 rings (SSSR count). The molecule has 0 atom stereocenters. The third-order valence-corrected chi connectivity index (χ3v) is 2.00. The first kappa shape index (κ1) is 11.8. The van der Waals surface area contributed by atoms with E-state index in [0.29, 0.717) is 6.42 Å². The van der Waals surface area contributed by atoms with E-state index in [-0.39, 0.29) is 0 Å². The maximum Gasteiger partial charge on any atom is 0.151 e. The first-order chi connectivity index (χ1) is 5.70. The Kier molecular flexibility index (Phi) is 7.25. The van der Waals surface area contributed by atoms with Gasteiger partial charge in [-0.15, -0.1) is 11.8 Å². The molecule has 0 bridgehead atoms. The van der Waals surface area contributed by atoms with Crippen LogP contribution in [0.4, 0.5) is 0 Å². The van der Waals surface area contributed by atoms with Crippen LogP contribution < -0.4 is 0 Å². The van der Waals surface area contributed by atoms with E-state index < -0.39 is 6.29 Å². The van der Waals surface area contributed by atoms with Crippen LogP contribution in [0.5, 0.6) is 0 Å². The zero-order chi connectivity index (χ0) is 9.40. The fourth-order valence-corrected chi connectivity index (χ4v) is 1.37. The third-order valence-electron chi connectivity index (χ3n) is 1.46. The Balaban J connectivity index is 3.59. The van der Waals surface area contributed by atoms with E-state index >= 15 is 0 Å². The van der Waals surface area contributed by atoms with E-state index in [4.69, 9.17) is 10.2 Å². The van der Waals surface area contributed by atoms with Gasteiger partial charge in [-0.05, 0) is 36.5 Å². The standard InChI is InChI=1S/C9H16O2S/c1-3-8(7-12-2)5-4-6-9(10)11/h3,7,9-11H,1,4-6H2,2H3/b8-7+. The van der Waals surface area contributed by atoms with Gasteiger partial charge < -0.3 is 10.2 Å². The van der Waals surface area contributed by atoms with Crippen molar-refractivity contribution < 1.29 is 10.2 Å². The quantitative estimate of drug-likeness (QED) is 0.494. The van der Waals surface area contributed by atoms with E-state index in [1.807, 2.05) is 11.7 Å². The number of aliphatic hydroxyl groups is 2. The van der Waals surface area contributed by atoms with Crippen molar-refractivity contribution in [2.75, 3.05) is 6.26 Å². The van der Waals surface area contributed by atoms with Gasteiger partial charge in [-0.1, -0.05) is 12.7 Å². The lowest BCUT2D eigenvalue weighted by Crippen LogP contribution is -2.03. The second-order valence-electron chi connectivity index (χ2n) is 2.51. The minimum Gasteiger partial charge on any atom is -0.368 e. The molecular formula is C9H16O2S. The monoisotopic (exact) mass is 188 g/mol. The highest BCUT2D eigenvalue weighted by Gasteiger charge is 1.97. The highest BCUT2D eigenvalue weighted by Crippen LogP contribution is 2.12. The van der Waals surface area contributed by atoms with E-state index in [0.717, 1.165) is 18.4 Å². The Morgan fingerprint density at radius 2 is 2.25 bits per heavy atom. The molecule has 0 aliphatic heterocycles. The Morgan fingerprint density at radius 1 is 1.58 bits per heavy atom. The summed E-state index contributed by atoms with van der Waals surface area (Å²) in [6, 6.07) is 0. The van der Waals surface area contributed by atoms with Crippen LogP contribution in [-0.2, 0) is 0 Å². The summed E-state index contributed by atoms with van der Waals surface area (Å²) in [4.78, 5) is 0. The molecule has 0 unspecified atom stereocenters. The van der Waals surface area contributed by atoms with Crippen LogP contribution in [0.15, 0.2) is 23.6 Å². The van der Waals surface area contributed by atoms with Gasteiger partial charge >= 0.3 is 0 Å². The van der Waals surface area contributed by atoms with Crippen molar-refractivity contribution in [1.29, 1.82) is 0 Å². The van der Waals surface area contributed by atoms with Gasteiger partial charge in [0.2, 0.25) is 0 Å². The molecule has 2 N–H and O–H groups in total. The highest BCUT2D eigenvalue weighted by atomic mass is 32.2. The van der Waals surface area contributed by atoms with Gasteiger partial charge in [-0.3, -0.25) is 0 Å². The molecule has 0 aromatic rings. The van der Waals surface area contributed by atoms with Crippen LogP contribution in [0.3, 0.4) is 0 Å². The highest BCUT2D eigenvalue weighted by molar-refractivity contribution is 8.01. The first-order valence-electron chi connectivity index (χ1n) is 3.91. The maximum absolute atomic E-state index is 8.57. The van der Waals surface area contributed by atoms with Gasteiger partial charge in [0, 0.05) is 0 Å². The number of rotatable bonds is 6. The molecule has 0 fully saturated rings. The van der Waals surface area contributed by atoms with Crippen LogP contribution in [0.25, 0.3) is 0 Å². The molecule has 2 nitrogen and oxygen atoms in total. The molecule has 0 heterocycles. The van der Waals surface area contributed by atoms with Crippen LogP contribution in [0.2, 0.25) is 0 Å². The molecule has 0 radical (unpaired) electrons. The lowest BCUT2D eigenvalue weighted by molar-refractivity contribution is -0.0461. The van der Waals surface area contributed by atoms with Crippen molar-refractivity contribution in [3.05, 3.63) is 23.6 Å². The Morgan fingerprint density at radius 3 is 2.67 bits per heavy atom. The first-order valence-corrected chi connectivity index (χ1v) is 5.20. The molecule has 0 aromatic heterocycles. The molecule has 12 heavy (non-hydrogen) atoms. The fraction of sp³-hybridized carbons (Fsp3) is 0.556. The largest absolute Gasteiger partial charge is 0.368 e. The summed E-state index contributed by atoms with van der Waals surface area (Å²) >= 11 is 1.63. The lowest BCUT2D eigenvalue weighted by atomic mass is 10.1. The van der Waals surface area contributed by atoms with Gasteiger partial charge in [0.15, 0.2) is 6.29 Å². The van der Waals surface area contributed by atoms with E-state index in [9.17, 15) is 0 Å². The molecule has 0 aliphatic carbocycles. The Hall–Kier alpha value is -0.250. The van der Waals surface area contributed by atoms with Crippen molar-refractivity contribution in [1.82, 2.24) is 0 Å². The van der Waals surface area contributed by atoms with Crippen molar-refractivity contribution in [3.63, 3.8) is 0 Å². The topological polar surface area (TPSA) is 40.5 Å². The van der Waals surface area contributed by atoms with Crippen molar-refractivity contribution >= 4 is 11.8 Å². The fourth-order valence-electron chi connectivity index (χ4n) is 0.849. The lowest BCUT2D eigenvalue weighted by Gasteiger charge is -2.03. The second-order valence-corrected chi connectivity index (χ2v) is 3.21. The van der Waals surface area contributed by atoms with Crippen LogP contribution in [0, 0.1) is 0 Å². The third kappa shape index (κ3) is 6.46. The molecule has 70 valence electrons. The normalized spacial score (nSPS) is 12.2. The Bertz CT molecular complexity index is 153. The summed E-state index contributed by atoms with van der Waals surface area (Å²) in [6.45, 7) is 3.67. The number of allylic oxidation sites excluding steroid dienone is 2. The number of hydrogen-bond acceptors (Lipinski definition) is 3. The van der Waals surface area contributed by atoms with Gasteiger partial charge in [-0.25, -0.2) is 0 Å².